The van der Waals surface area contributed by atoms with Crippen LogP contribution in [0.1, 0.15) is 206 Å². The van der Waals surface area contributed by atoms with Crippen LogP contribution >= 0.6 is 7.82 Å². The lowest BCUT2D eigenvalue weighted by atomic mass is 10.0. The zero-order valence-electron chi connectivity index (χ0n) is 34.0. The molecule has 0 saturated carbocycles. The molecule has 0 aliphatic carbocycles. The lowest BCUT2D eigenvalue weighted by Crippen LogP contribution is -2.29. The summed E-state index contributed by atoms with van der Waals surface area (Å²) in [5.74, 6) is -0.971. The van der Waals surface area contributed by atoms with Gasteiger partial charge in [0.2, 0.25) is 0 Å². The molecule has 314 valence electrons. The number of esters is 2. The van der Waals surface area contributed by atoms with Gasteiger partial charge in [0.05, 0.1) is 19.8 Å². The first-order valence-corrected chi connectivity index (χ1v) is 23.1. The second-order valence-electron chi connectivity index (χ2n) is 14.7. The number of hydrogen-bond donors (Lipinski definition) is 3. The van der Waals surface area contributed by atoms with Crippen LogP contribution < -0.4 is 0 Å². The molecule has 3 N–H and O–H groups in total. The van der Waals surface area contributed by atoms with E-state index in [-0.39, 0.29) is 19.4 Å². The number of aliphatic hydroxyl groups excluding tert-OH is 2. The van der Waals surface area contributed by atoms with Crippen LogP contribution in [-0.4, -0.2) is 65.7 Å². The second kappa shape index (κ2) is 39.0. The van der Waals surface area contributed by atoms with Crippen molar-refractivity contribution in [1.29, 1.82) is 0 Å². The monoisotopic (exact) mass is 777 g/mol. The fourth-order valence-corrected chi connectivity index (χ4v) is 6.86. The van der Waals surface area contributed by atoms with E-state index < -0.39 is 51.8 Å². The van der Waals surface area contributed by atoms with E-state index in [1.165, 1.54) is 135 Å². The number of carbonyl (C=O) groups is 2. The molecule has 53 heavy (non-hydrogen) atoms. The summed E-state index contributed by atoms with van der Waals surface area (Å²) in [6, 6.07) is 0. The average Bonchev–Trinajstić information content (AvgIpc) is 3.14. The normalized spacial score (nSPS) is 14.0. The summed E-state index contributed by atoms with van der Waals surface area (Å²) in [5, 5.41) is 18.3. The van der Waals surface area contributed by atoms with Crippen molar-refractivity contribution in [3.05, 3.63) is 12.2 Å². The molecule has 0 aliphatic heterocycles. The Labute approximate surface area is 324 Å². The maximum atomic E-state index is 12.6. The molecule has 0 saturated heterocycles. The van der Waals surface area contributed by atoms with Gasteiger partial charge in [0.15, 0.2) is 6.10 Å². The maximum Gasteiger partial charge on any atom is 0.472 e. The summed E-state index contributed by atoms with van der Waals surface area (Å²) < 4.78 is 32.6. The van der Waals surface area contributed by atoms with Crippen LogP contribution in [0.2, 0.25) is 0 Å². The zero-order chi connectivity index (χ0) is 39.1. The smallest absolute Gasteiger partial charge is 0.462 e. The summed E-state index contributed by atoms with van der Waals surface area (Å²) in [6.45, 7) is 2.36. The minimum atomic E-state index is -4.62. The molecule has 0 aromatic carbocycles. The summed E-state index contributed by atoms with van der Waals surface area (Å²) in [6.07, 6.45) is 36.2. The number of hydrogen-bond acceptors (Lipinski definition) is 9. The summed E-state index contributed by atoms with van der Waals surface area (Å²) >= 11 is 0. The number of unbranched alkanes of at least 4 members (excludes halogenated alkanes) is 25. The topological polar surface area (TPSA) is 149 Å². The van der Waals surface area contributed by atoms with Crippen LogP contribution in [0.15, 0.2) is 12.2 Å². The van der Waals surface area contributed by atoms with Gasteiger partial charge < -0.3 is 24.6 Å². The Morgan fingerprint density at radius 3 is 1.43 bits per heavy atom. The van der Waals surface area contributed by atoms with Crippen molar-refractivity contribution in [3.8, 4) is 0 Å². The van der Waals surface area contributed by atoms with Gasteiger partial charge in [0, 0.05) is 12.8 Å². The third-order valence-corrected chi connectivity index (χ3v) is 10.4. The van der Waals surface area contributed by atoms with E-state index in [0.717, 1.165) is 32.1 Å². The number of phosphoric acid groups is 1. The van der Waals surface area contributed by atoms with Gasteiger partial charge in [0.25, 0.3) is 0 Å². The van der Waals surface area contributed by atoms with Crippen molar-refractivity contribution in [2.24, 2.45) is 0 Å². The van der Waals surface area contributed by atoms with E-state index in [0.29, 0.717) is 12.8 Å². The Bertz CT molecular complexity index is 899. The number of allylic oxidation sites excluding steroid dienone is 2. The highest BCUT2D eigenvalue weighted by molar-refractivity contribution is 7.47. The molecule has 11 heteroatoms. The van der Waals surface area contributed by atoms with E-state index in [9.17, 15) is 24.2 Å². The van der Waals surface area contributed by atoms with Gasteiger partial charge in [-0.3, -0.25) is 18.6 Å². The van der Waals surface area contributed by atoms with Crippen molar-refractivity contribution < 1.29 is 47.8 Å². The second-order valence-corrected chi connectivity index (χ2v) is 16.2. The molecule has 3 atom stereocenters. The third kappa shape index (κ3) is 38.8. The van der Waals surface area contributed by atoms with Gasteiger partial charge in [-0.15, -0.1) is 0 Å². The Morgan fingerprint density at radius 2 is 0.962 bits per heavy atom. The minimum absolute atomic E-state index is 0.163. The fraction of sp³-hybridized carbons (Fsp3) is 0.905. The zero-order valence-corrected chi connectivity index (χ0v) is 34.9. The number of carbonyl (C=O) groups excluding carboxylic acids is 2. The van der Waals surface area contributed by atoms with Gasteiger partial charge in [-0.05, 0) is 25.7 Å². The van der Waals surface area contributed by atoms with Crippen LogP contribution in [-0.2, 0) is 32.7 Å². The number of aliphatic hydroxyl groups is 2. The molecule has 0 amide bonds. The van der Waals surface area contributed by atoms with Gasteiger partial charge >= 0.3 is 19.8 Å². The Morgan fingerprint density at radius 1 is 0.547 bits per heavy atom. The Kier molecular flexibility index (Phi) is 38.0. The number of ether oxygens (including phenoxy) is 2. The van der Waals surface area contributed by atoms with E-state index in [2.05, 4.69) is 24.4 Å². The molecule has 10 nitrogen and oxygen atoms in total. The molecule has 0 radical (unpaired) electrons. The van der Waals surface area contributed by atoms with Crippen LogP contribution in [0, 0.1) is 0 Å². The van der Waals surface area contributed by atoms with Crippen LogP contribution in [0.25, 0.3) is 0 Å². The van der Waals surface area contributed by atoms with Gasteiger partial charge in [-0.1, -0.05) is 180 Å². The lowest BCUT2D eigenvalue weighted by molar-refractivity contribution is -0.161. The van der Waals surface area contributed by atoms with Crippen molar-refractivity contribution in [2.45, 2.75) is 219 Å². The molecule has 0 rings (SSSR count). The van der Waals surface area contributed by atoms with Crippen LogP contribution in [0.4, 0.5) is 0 Å². The van der Waals surface area contributed by atoms with Crippen LogP contribution in [0.5, 0.6) is 0 Å². The molecule has 0 aromatic rings. The molecule has 0 aliphatic rings. The highest BCUT2D eigenvalue weighted by Gasteiger charge is 2.27. The quantitative estimate of drug-likeness (QED) is 0.0237. The average molecular weight is 777 g/mol. The maximum absolute atomic E-state index is 12.6. The van der Waals surface area contributed by atoms with E-state index >= 15 is 0 Å². The van der Waals surface area contributed by atoms with Gasteiger partial charge in [0.1, 0.15) is 12.7 Å². The van der Waals surface area contributed by atoms with Gasteiger partial charge in [-0.2, -0.15) is 0 Å². The van der Waals surface area contributed by atoms with E-state index in [4.69, 9.17) is 19.1 Å². The van der Waals surface area contributed by atoms with Crippen molar-refractivity contribution in [1.82, 2.24) is 0 Å². The van der Waals surface area contributed by atoms with Crippen molar-refractivity contribution >= 4 is 19.8 Å². The van der Waals surface area contributed by atoms with Crippen LogP contribution in [0.3, 0.4) is 0 Å². The first-order valence-electron chi connectivity index (χ1n) is 21.6. The largest absolute Gasteiger partial charge is 0.472 e. The lowest BCUT2D eigenvalue weighted by Gasteiger charge is -2.20. The van der Waals surface area contributed by atoms with E-state index in [1.54, 1.807) is 0 Å². The molecular weight excluding hydrogens is 695 g/mol. The van der Waals surface area contributed by atoms with Gasteiger partial charge in [-0.25, -0.2) is 4.57 Å². The number of rotatable bonds is 41. The summed E-state index contributed by atoms with van der Waals surface area (Å²) in [4.78, 5) is 34.9. The molecule has 0 fully saturated rings. The van der Waals surface area contributed by atoms with E-state index in [1.807, 2.05) is 6.08 Å². The predicted molar refractivity (Wildman–Crippen MR) is 215 cm³/mol. The molecule has 1 unspecified atom stereocenters. The standard InChI is InChI=1S/C42H81O10P/c1-3-5-7-9-11-13-15-17-19-21-23-25-27-29-31-33-41(45)49-37-40(38-51-53(47,48)50-36-39(44)35-43)52-42(46)34-32-30-28-26-24-22-20-18-16-14-12-10-8-6-4-2/h27,29,39-40,43-44H,3-26,28,30-38H2,1-2H3,(H,47,48)/b29-27+/t39-,40+/m0/s1. The molecule has 0 bridgehead atoms. The predicted octanol–water partition coefficient (Wildman–Crippen LogP) is 11.2. The first-order chi connectivity index (χ1) is 25.7. The highest BCUT2D eigenvalue weighted by Crippen LogP contribution is 2.43. The first kappa shape index (κ1) is 51.7. The minimum Gasteiger partial charge on any atom is -0.462 e. The molecule has 0 spiro atoms. The summed E-state index contributed by atoms with van der Waals surface area (Å²) in [7, 11) is -4.62. The summed E-state index contributed by atoms with van der Waals surface area (Å²) in [5.41, 5.74) is 0. The molecule has 0 heterocycles. The number of phosphoric ester groups is 1. The highest BCUT2D eigenvalue weighted by atomic mass is 31.2. The fourth-order valence-electron chi connectivity index (χ4n) is 6.07. The molecular formula is C42H81O10P. The van der Waals surface area contributed by atoms with Crippen molar-refractivity contribution in [3.63, 3.8) is 0 Å². The SMILES string of the molecule is CCCCCCCCCCCCC/C=C/CCC(=O)OC[C@H](COP(=O)(O)OC[C@@H](O)CO)OC(=O)CCCCCCCCCCCCCCCCC. The molecule has 0 aromatic heterocycles. The third-order valence-electron chi connectivity index (χ3n) is 9.43. The van der Waals surface area contributed by atoms with Crippen molar-refractivity contribution in [2.75, 3.05) is 26.4 Å². The Balaban J connectivity index is 4.31. The Hall–Kier alpha value is -1.29.